The molecule has 1 N–H and O–H groups in total. The lowest BCUT2D eigenvalue weighted by atomic mass is 10.00. The van der Waals surface area contributed by atoms with Gasteiger partial charge in [0.05, 0.1) is 16.8 Å². The van der Waals surface area contributed by atoms with E-state index < -0.39 is 10.0 Å². The molecule has 174 valence electrons. The number of likely N-dealkylation sites (tertiary alicyclic amines) is 1. The highest BCUT2D eigenvalue weighted by molar-refractivity contribution is 7.91. The van der Waals surface area contributed by atoms with Gasteiger partial charge in [-0.3, -0.25) is 4.79 Å². The summed E-state index contributed by atoms with van der Waals surface area (Å²) >= 11 is 1.20. The normalized spacial score (nSPS) is 15.0. The number of nitrogens with zero attached hydrogens (tertiary/aromatic N) is 2. The molecule has 1 saturated heterocycles. The van der Waals surface area contributed by atoms with Gasteiger partial charge in [0.25, 0.3) is 5.91 Å². The third-order valence-electron chi connectivity index (χ3n) is 6.13. The summed E-state index contributed by atoms with van der Waals surface area (Å²) in [6, 6.07) is 20.8. The summed E-state index contributed by atoms with van der Waals surface area (Å²) in [7, 11) is -3.52. The smallest absolute Gasteiger partial charge is 0.254 e. The van der Waals surface area contributed by atoms with Crippen molar-refractivity contribution < 1.29 is 13.2 Å². The Morgan fingerprint density at radius 1 is 1.03 bits per heavy atom. The number of fused-ring (bicyclic) bond motifs is 1. The Labute approximate surface area is 203 Å². The number of piperidine rings is 1. The molecular weight excluding hydrogens is 466 g/mol. The van der Waals surface area contributed by atoms with Gasteiger partial charge in [-0.1, -0.05) is 48.0 Å². The van der Waals surface area contributed by atoms with Crippen LogP contribution in [0.15, 0.2) is 76.3 Å². The van der Waals surface area contributed by atoms with Crippen molar-refractivity contribution in [1.29, 1.82) is 0 Å². The molecule has 0 spiro atoms. The lowest BCUT2D eigenvalue weighted by molar-refractivity contribution is 0.0713. The molecule has 34 heavy (non-hydrogen) atoms. The van der Waals surface area contributed by atoms with E-state index in [-0.39, 0.29) is 11.9 Å². The molecule has 1 aliphatic heterocycles. The van der Waals surface area contributed by atoms with E-state index >= 15 is 0 Å². The second kappa shape index (κ2) is 9.29. The molecule has 0 radical (unpaired) electrons. The second-order valence-electron chi connectivity index (χ2n) is 8.56. The molecule has 3 heterocycles. The van der Waals surface area contributed by atoms with E-state index in [0.717, 1.165) is 27.7 Å². The number of amides is 1. The predicted octanol–water partition coefficient (Wildman–Crippen LogP) is 4.85. The third kappa shape index (κ3) is 4.61. The summed E-state index contributed by atoms with van der Waals surface area (Å²) in [4.78, 5) is 20.3. The third-order valence-corrected chi connectivity index (χ3v) is 9.05. The molecule has 6 nitrogen and oxygen atoms in total. The molecule has 0 atom stereocenters. The van der Waals surface area contributed by atoms with E-state index in [1.165, 1.54) is 11.3 Å². The molecule has 2 aromatic carbocycles. The van der Waals surface area contributed by atoms with Crippen molar-refractivity contribution in [2.75, 3.05) is 13.1 Å². The molecule has 0 unspecified atom stereocenters. The van der Waals surface area contributed by atoms with Crippen LogP contribution in [0.2, 0.25) is 0 Å². The molecule has 4 aromatic rings. The van der Waals surface area contributed by atoms with E-state index in [0.29, 0.717) is 35.7 Å². The van der Waals surface area contributed by atoms with Gasteiger partial charge in [-0.05, 0) is 49.4 Å². The quantitative estimate of drug-likeness (QED) is 0.433. The van der Waals surface area contributed by atoms with Gasteiger partial charge in [-0.2, -0.15) is 0 Å². The SMILES string of the molecule is Cc1ccc2nc(-c3ccccc3)cc(C(=O)N3CCC(NS(=O)(=O)c4cccs4)CC3)c2c1. The van der Waals surface area contributed by atoms with Gasteiger partial charge in [0.15, 0.2) is 0 Å². The van der Waals surface area contributed by atoms with Gasteiger partial charge in [0, 0.05) is 30.1 Å². The number of sulfonamides is 1. The average Bonchev–Trinajstić information content (AvgIpc) is 3.40. The lowest BCUT2D eigenvalue weighted by Gasteiger charge is -2.32. The summed E-state index contributed by atoms with van der Waals surface area (Å²) in [5.41, 5.74) is 4.20. The fourth-order valence-electron chi connectivity index (χ4n) is 4.34. The molecule has 0 saturated carbocycles. The molecule has 1 amide bonds. The van der Waals surface area contributed by atoms with Crippen LogP contribution in [0, 0.1) is 6.92 Å². The van der Waals surface area contributed by atoms with Crippen LogP contribution in [0.1, 0.15) is 28.8 Å². The van der Waals surface area contributed by atoms with Crippen LogP contribution in [-0.4, -0.2) is 43.3 Å². The number of nitrogens with one attached hydrogen (secondary N) is 1. The molecule has 0 aliphatic carbocycles. The number of hydrogen-bond donors (Lipinski definition) is 1. The molecule has 2 aromatic heterocycles. The molecule has 5 rings (SSSR count). The van der Waals surface area contributed by atoms with Gasteiger partial charge in [-0.15, -0.1) is 11.3 Å². The molecule has 8 heteroatoms. The van der Waals surface area contributed by atoms with Crippen LogP contribution >= 0.6 is 11.3 Å². The number of aryl methyl sites for hydroxylation is 1. The first kappa shape index (κ1) is 22.7. The fourth-order valence-corrected chi connectivity index (χ4v) is 6.65. The maximum absolute atomic E-state index is 13.6. The Kier molecular flexibility index (Phi) is 6.20. The first-order valence-corrected chi connectivity index (χ1v) is 13.6. The zero-order chi connectivity index (χ0) is 23.7. The largest absolute Gasteiger partial charge is 0.339 e. The maximum atomic E-state index is 13.6. The summed E-state index contributed by atoms with van der Waals surface area (Å²) < 4.78 is 28.2. The van der Waals surface area contributed by atoms with Crippen molar-refractivity contribution in [3.63, 3.8) is 0 Å². The topological polar surface area (TPSA) is 79.4 Å². The monoisotopic (exact) mass is 491 g/mol. The number of hydrogen-bond acceptors (Lipinski definition) is 5. The Balaban J connectivity index is 1.39. The minimum atomic E-state index is -3.52. The number of carbonyl (C=O) groups excluding carboxylic acids is 1. The first-order valence-electron chi connectivity index (χ1n) is 11.2. The van der Waals surface area contributed by atoms with E-state index in [2.05, 4.69) is 4.72 Å². The number of rotatable bonds is 5. The maximum Gasteiger partial charge on any atom is 0.254 e. The number of benzene rings is 2. The van der Waals surface area contributed by atoms with Gasteiger partial charge in [-0.25, -0.2) is 18.1 Å². The number of aromatic nitrogens is 1. The van der Waals surface area contributed by atoms with Crippen molar-refractivity contribution >= 4 is 38.2 Å². The van der Waals surface area contributed by atoms with E-state index in [9.17, 15) is 13.2 Å². The van der Waals surface area contributed by atoms with Crippen LogP contribution in [0.4, 0.5) is 0 Å². The minimum Gasteiger partial charge on any atom is -0.339 e. The van der Waals surface area contributed by atoms with E-state index in [1.54, 1.807) is 17.5 Å². The summed E-state index contributed by atoms with van der Waals surface area (Å²) in [5.74, 6) is -0.0465. The molecule has 1 fully saturated rings. The van der Waals surface area contributed by atoms with Crippen molar-refractivity contribution in [3.05, 3.63) is 83.2 Å². The van der Waals surface area contributed by atoms with Crippen molar-refractivity contribution in [1.82, 2.24) is 14.6 Å². The standard InChI is InChI=1S/C26H25N3O3S2/c1-18-9-10-23-21(16-18)22(17-24(27-23)19-6-3-2-4-7-19)26(30)29-13-11-20(12-14-29)28-34(31,32)25-8-5-15-33-25/h2-10,15-17,20,28H,11-14H2,1H3. The minimum absolute atomic E-state index is 0.0465. The lowest BCUT2D eigenvalue weighted by Crippen LogP contribution is -2.46. The highest BCUT2D eigenvalue weighted by Crippen LogP contribution is 2.28. The average molecular weight is 492 g/mol. The summed E-state index contributed by atoms with van der Waals surface area (Å²) in [5, 5.41) is 2.59. The second-order valence-corrected chi connectivity index (χ2v) is 11.5. The van der Waals surface area contributed by atoms with Crippen LogP contribution in [0.25, 0.3) is 22.2 Å². The summed E-state index contributed by atoms with van der Waals surface area (Å²) in [6.07, 6.45) is 1.15. The van der Waals surface area contributed by atoms with E-state index in [4.69, 9.17) is 4.98 Å². The van der Waals surface area contributed by atoms with Gasteiger partial charge < -0.3 is 4.90 Å². The molecule has 1 aliphatic rings. The zero-order valence-electron chi connectivity index (χ0n) is 18.8. The fraction of sp³-hybridized carbons (Fsp3) is 0.231. The van der Waals surface area contributed by atoms with Gasteiger partial charge in [0.2, 0.25) is 10.0 Å². The Hall–Kier alpha value is -3.07. The number of thiophene rings is 1. The van der Waals surface area contributed by atoms with Gasteiger partial charge in [0.1, 0.15) is 4.21 Å². The Bertz CT molecular complexity index is 1430. The molecule has 0 bridgehead atoms. The number of pyridine rings is 1. The Morgan fingerprint density at radius 3 is 2.50 bits per heavy atom. The van der Waals surface area contributed by atoms with Crippen molar-refractivity contribution in [2.24, 2.45) is 0 Å². The highest BCUT2D eigenvalue weighted by atomic mass is 32.2. The highest BCUT2D eigenvalue weighted by Gasteiger charge is 2.28. The van der Waals surface area contributed by atoms with Crippen LogP contribution in [-0.2, 0) is 10.0 Å². The first-order chi connectivity index (χ1) is 16.4. The van der Waals surface area contributed by atoms with Crippen molar-refractivity contribution in [2.45, 2.75) is 30.0 Å². The Morgan fingerprint density at radius 2 is 1.79 bits per heavy atom. The van der Waals surface area contributed by atoms with Crippen molar-refractivity contribution in [3.8, 4) is 11.3 Å². The van der Waals surface area contributed by atoms with E-state index in [1.807, 2.05) is 66.4 Å². The van der Waals surface area contributed by atoms with Crippen LogP contribution in [0.3, 0.4) is 0 Å². The van der Waals surface area contributed by atoms with Crippen LogP contribution < -0.4 is 4.72 Å². The molecular formula is C26H25N3O3S2. The zero-order valence-corrected chi connectivity index (χ0v) is 20.4. The summed E-state index contributed by atoms with van der Waals surface area (Å²) in [6.45, 7) is 2.99. The van der Waals surface area contributed by atoms with Crippen LogP contribution in [0.5, 0.6) is 0 Å². The number of carbonyl (C=O) groups is 1. The van der Waals surface area contributed by atoms with Gasteiger partial charge >= 0.3 is 0 Å². The predicted molar refractivity (Wildman–Crippen MR) is 135 cm³/mol.